The predicted molar refractivity (Wildman–Crippen MR) is 89.8 cm³/mol. The Kier molecular flexibility index (Phi) is 15.3. The fourth-order valence-electron chi connectivity index (χ4n) is 1.60. The second-order valence-electron chi connectivity index (χ2n) is 4.41. The van der Waals surface area contributed by atoms with Crippen LogP contribution in [0.1, 0.15) is 25.8 Å². The van der Waals surface area contributed by atoms with Crippen LogP contribution in [0.3, 0.4) is 0 Å². The van der Waals surface area contributed by atoms with Crippen molar-refractivity contribution in [1.29, 1.82) is 0 Å². The molecule has 0 atom stereocenters. The summed E-state index contributed by atoms with van der Waals surface area (Å²) in [7, 11) is 1.70. The van der Waals surface area contributed by atoms with E-state index < -0.39 is 0 Å². The molecule has 1 rings (SSSR count). The zero-order chi connectivity index (χ0) is 16.5. The van der Waals surface area contributed by atoms with Gasteiger partial charge in [0.15, 0.2) is 6.29 Å². The molecule has 0 saturated carbocycles. The highest BCUT2D eigenvalue weighted by Crippen LogP contribution is 1.98. The van der Waals surface area contributed by atoms with Crippen LogP contribution in [0.5, 0.6) is 0 Å². The van der Waals surface area contributed by atoms with Gasteiger partial charge in [-0.3, -0.25) is 0 Å². The Balaban J connectivity index is 0.000000425. The molecule has 1 aromatic rings. The Labute approximate surface area is 135 Å². The lowest BCUT2D eigenvalue weighted by atomic mass is 10.2. The number of rotatable bonds is 11. The summed E-state index contributed by atoms with van der Waals surface area (Å²) in [6, 6.07) is 10.1. The van der Waals surface area contributed by atoms with Crippen LogP contribution < -0.4 is 0 Å². The normalized spacial score (nSPS) is 10.2. The maximum absolute atomic E-state index is 5.32. The first kappa shape index (κ1) is 20.8. The van der Waals surface area contributed by atoms with E-state index in [1.807, 2.05) is 50.3 Å². The van der Waals surface area contributed by atoms with Gasteiger partial charge in [0, 0.05) is 20.3 Å². The zero-order valence-corrected chi connectivity index (χ0v) is 14.1. The van der Waals surface area contributed by atoms with Gasteiger partial charge in [0.2, 0.25) is 0 Å². The largest absolute Gasteiger partial charge is 0.380 e. The van der Waals surface area contributed by atoms with Gasteiger partial charge in [-0.05, 0) is 25.8 Å². The predicted octanol–water partition coefficient (Wildman–Crippen LogP) is 3.81. The Hall–Kier alpha value is -1.20. The molecule has 22 heavy (non-hydrogen) atoms. The van der Waals surface area contributed by atoms with Crippen molar-refractivity contribution in [1.82, 2.24) is 0 Å². The van der Waals surface area contributed by atoms with Crippen LogP contribution in [-0.4, -0.2) is 39.8 Å². The summed E-state index contributed by atoms with van der Waals surface area (Å²) in [5.74, 6) is 0. The van der Waals surface area contributed by atoms with Gasteiger partial charge in [-0.1, -0.05) is 36.4 Å². The van der Waals surface area contributed by atoms with Crippen molar-refractivity contribution in [2.45, 2.75) is 33.2 Å². The molecule has 0 aliphatic heterocycles. The third-order valence-corrected chi connectivity index (χ3v) is 2.58. The van der Waals surface area contributed by atoms with Crippen LogP contribution in [0.15, 0.2) is 43.0 Å². The number of methoxy groups -OCH3 is 1. The molecule has 4 nitrogen and oxygen atoms in total. The molecule has 0 fully saturated rings. The van der Waals surface area contributed by atoms with Gasteiger partial charge in [-0.25, -0.2) is 0 Å². The van der Waals surface area contributed by atoms with Gasteiger partial charge in [0.1, 0.15) is 0 Å². The van der Waals surface area contributed by atoms with Crippen molar-refractivity contribution in [2.24, 2.45) is 0 Å². The number of ether oxygens (including phenoxy) is 4. The first-order valence-corrected chi connectivity index (χ1v) is 7.73. The van der Waals surface area contributed by atoms with Crippen molar-refractivity contribution >= 4 is 0 Å². The van der Waals surface area contributed by atoms with E-state index in [9.17, 15) is 0 Å². The smallest absolute Gasteiger partial charge is 0.180 e. The average Bonchev–Trinajstić information content (AvgIpc) is 2.54. The monoisotopic (exact) mass is 310 g/mol. The minimum absolute atomic E-state index is 0.222. The maximum atomic E-state index is 5.32. The number of hydrogen-bond acceptors (Lipinski definition) is 4. The third kappa shape index (κ3) is 12.5. The summed E-state index contributed by atoms with van der Waals surface area (Å²) in [6.07, 6.45) is 2.47. The lowest BCUT2D eigenvalue weighted by molar-refractivity contribution is -0.166. The van der Waals surface area contributed by atoms with Gasteiger partial charge >= 0.3 is 0 Å². The van der Waals surface area contributed by atoms with Crippen LogP contribution in [-0.2, 0) is 25.6 Å². The highest BCUT2D eigenvalue weighted by atomic mass is 16.7. The second-order valence-corrected chi connectivity index (χ2v) is 4.41. The number of hydrogen-bond donors (Lipinski definition) is 0. The molecule has 0 aliphatic carbocycles. The first-order valence-electron chi connectivity index (χ1n) is 7.73. The molecular weight excluding hydrogens is 280 g/mol. The molecular formula is C18H30O4. The second kappa shape index (κ2) is 16.2. The van der Waals surface area contributed by atoms with Gasteiger partial charge < -0.3 is 18.9 Å². The maximum Gasteiger partial charge on any atom is 0.180 e. The van der Waals surface area contributed by atoms with Gasteiger partial charge in [-0.2, -0.15) is 0 Å². The van der Waals surface area contributed by atoms with E-state index >= 15 is 0 Å². The van der Waals surface area contributed by atoms with E-state index in [2.05, 4.69) is 6.58 Å². The van der Waals surface area contributed by atoms with Crippen LogP contribution in [0.25, 0.3) is 0 Å². The fraction of sp³-hybridized carbons (Fsp3) is 0.556. The molecule has 0 saturated heterocycles. The van der Waals surface area contributed by atoms with Gasteiger partial charge in [0.25, 0.3) is 0 Å². The van der Waals surface area contributed by atoms with Crippen LogP contribution in [0.2, 0.25) is 0 Å². The zero-order valence-electron chi connectivity index (χ0n) is 14.1. The molecule has 0 unspecified atom stereocenters. The topological polar surface area (TPSA) is 36.9 Å². The summed E-state index contributed by atoms with van der Waals surface area (Å²) in [6.45, 7) is 10.7. The number of benzene rings is 1. The minimum Gasteiger partial charge on any atom is -0.380 e. The third-order valence-electron chi connectivity index (χ3n) is 2.58. The summed E-state index contributed by atoms with van der Waals surface area (Å²) in [5, 5.41) is 0. The molecule has 0 aliphatic rings. The van der Waals surface area contributed by atoms with E-state index in [4.69, 9.17) is 18.9 Å². The molecule has 126 valence electrons. The van der Waals surface area contributed by atoms with Crippen LogP contribution >= 0.6 is 0 Å². The van der Waals surface area contributed by atoms with Crippen molar-refractivity contribution in [3.8, 4) is 0 Å². The van der Waals surface area contributed by atoms with Crippen LogP contribution in [0, 0.1) is 0 Å². The van der Waals surface area contributed by atoms with E-state index in [0.29, 0.717) is 33.0 Å². The molecule has 1 aromatic carbocycles. The average molecular weight is 310 g/mol. The van der Waals surface area contributed by atoms with E-state index in [1.54, 1.807) is 7.11 Å². The molecule has 0 radical (unpaired) electrons. The van der Waals surface area contributed by atoms with E-state index in [0.717, 1.165) is 6.42 Å². The summed E-state index contributed by atoms with van der Waals surface area (Å²) in [4.78, 5) is 0. The van der Waals surface area contributed by atoms with Gasteiger partial charge in [0.05, 0.1) is 19.8 Å². The summed E-state index contributed by atoms with van der Waals surface area (Å²) in [5.41, 5.74) is 1.22. The van der Waals surface area contributed by atoms with E-state index in [1.165, 1.54) is 5.56 Å². The van der Waals surface area contributed by atoms with Crippen molar-refractivity contribution in [3.05, 3.63) is 48.6 Å². The molecule has 0 heterocycles. The van der Waals surface area contributed by atoms with Crippen molar-refractivity contribution in [2.75, 3.05) is 33.5 Å². The minimum atomic E-state index is -0.222. The summed E-state index contributed by atoms with van der Waals surface area (Å²) < 4.78 is 20.8. The standard InChI is InChI=1S/C10H20O3.C8H10O/c1-4-7-8-11-9-10(12-5-2)13-6-3;1-9-7-8-5-3-2-4-6-8/h4,10H,1,5-9H2,2-3H3;2-6H,7H2,1H3. The first-order chi connectivity index (χ1) is 10.8. The Morgan fingerprint density at radius 1 is 1.09 bits per heavy atom. The van der Waals surface area contributed by atoms with Crippen molar-refractivity contribution < 1.29 is 18.9 Å². The SMILES string of the molecule is C=CCCOCC(OCC)OCC.COCc1ccccc1. The lowest BCUT2D eigenvalue weighted by Crippen LogP contribution is -2.23. The Morgan fingerprint density at radius 2 is 1.73 bits per heavy atom. The van der Waals surface area contributed by atoms with Crippen LogP contribution in [0.4, 0.5) is 0 Å². The molecule has 0 N–H and O–H groups in total. The van der Waals surface area contributed by atoms with E-state index in [-0.39, 0.29) is 6.29 Å². The molecule has 0 aromatic heterocycles. The highest BCUT2D eigenvalue weighted by Gasteiger charge is 2.06. The fourth-order valence-corrected chi connectivity index (χ4v) is 1.60. The quantitative estimate of drug-likeness (QED) is 0.354. The van der Waals surface area contributed by atoms with Crippen molar-refractivity contribution in [3.63, 3.8) is 0 Å². The molecule has 0 amide bonds. The molecule has 0 bridgehead atoms. The molecule has 4 heteroatoms. The highest BCUT2D eigenvalue weighted by molar-refractivity contribution is 5.13. The lowest BCUT2D eigenvalue weighted by Gasteiger charge is -2.16. The molecule has 0 spiro atoms. The summed E-state index contributed by atoms with van der Waals surface area (Å²) >= 11 is 0. The Bertz CT molecular complexity index is 334. The Morgan fingerprint density at radius 3 is 2.23 bits per heavy atom. The van der Waals surface area contributed by atoms with Gasteiger partial charge in [-0.15, -0.1) is 6.58 Å².